The maximum Gasteiger partial charge on any atom is 1.00 e. The first-order valence-corrected chi connectivity index (χ1v) is 13.1. The van der Waals surface area contributed by atoms with Crippen LogP contribution < -0.4 is 79.0 Å². The Hall–Kier alpha value is -1.89. The zero-order valence-corrected chi connectivity index (χ0v) is 27.3. The number of hydrogen-bond donors (Lipinski definition) is 1. The number of aromatic amines is 1. The van der Waals surface area contributed by atoms with Crippen molar-refractivity contribution in [2.45, 2.75) is 12.6 Å². The van der Waals surface area contributed by atoms with Gasteiger partial charge in [-0.3, -0.25) is 9.89 Å². The van der Waals surface area contributed by atoms with Gasteiger partial charge in [0.25, 0.3) is 5.56 Å². The number of nitrogens with zero attached hydrogens (tertiary/aromatic N) is 2. The molecule has 0 spiro atoms. The van der Waals surface area contributed by atoms with E-state index in [1.165, 1.54) is 0 Å². The molecule has 41 heavy (non-hydrogen) atoms. The molecule has 5 aromatic rings. The molecule has 0 unspecified atom stereocenters. The predicted octanol–water partition coefficient (Wildman–Crippen LogP) is -1.16. The number of benzene rings is 3. The van der Waals surface area contributed by atoms with Crippen LogP contribution in [0.5, 0.6) is 5.75 Å². The Bertz CT molecular complexity index is 1790. The molecule has 8 nitrogen and oxygen atoms in total. The molecule has 2 aromatic heterocycles. The van der Waals surface area contributed by atoms with Crippen LogP contribution >= 0.6 is 19.4 Å². The van der Waals surface area contributed by atoms with Crippen LogP contribution in [0.3, 0.4) is 0 Å². The van der Waals surface area contributed by atoms with E-state index in [-0.39, 0.29) is 75.9 Å². The van der Waals surface area contributed by atoms with Gasteiger partial charge in [0.2, 0.25) is 0 Å². The summed E-state index contributed by atoms with van der Waals surface area (Å²) in [6, 6.07) is 18.1. The number of alkyl halides is 3. The zero-order chi connectivity index (χ0) is 27.9. The number of halogens is 4. The topological polar surface area (TPSA) is 123 Å². The van der Waals surface area contributed by atoms with Crippen molar-refractivity contribution >= 4 is 25.1 Å². The average molecular weight is 620 g/mol. The molecule has 200 valence electrons. The summed E-state index contributed by atoms with van der Waals surface area (Å²) in [7, 11) is -5.77. The van der Waals surface area contributed by atoms with Gasteiger partial charge in [-0.25, -0.2) is 9.50 Å². The van der Waals surface area contributed by atoms with Crippen molar-refractivity contribution in [1.29, 1.82) is 0 Å². The molecular weight excluding hydrogens is 604 g/mol. The maximum absolute atomic E-state index is 13.6. The number of phosphoric ester groups is 1. The zero-order valence-electron chi connectivity index (χ0n) is 21.6. The molecule has 0 atom stereocenters. The van der Waals surface area contributed by atoms with Gasteiger partial charge in [0.05, 0.1) is 11.1 Å². The Morgan fingerprint density at radius 3 is 2.24 bits per heavy atom. The van der Waals surface area contributed by atoms with E-state index in [4.69, 9.17) is 11.6 Å². The Balaban J connectivity index is 0.00000231. The Morgan fingerprint density at radius 1 is 0.976 bits per heavy atom. The van der Waals surface area contributed by atoms with Crippen molar-refractivity contribution in [3.05, 3.63) is 111 Å². The average Bonchev–Trinajstić information content (AvgIpc) is 3.23. The molecule has 5 rings (SSSR count). The molecule has 0 bridgehead atoms. The van der Waals surface area contributed by atoms with E-state index >= 15 is 0 Å². The third-order valence-electron chi connectivity index (χ3n) is 5.90. The molecule has 1 N–H and O–H groups in total. The van der Waals surface area contributed by atoms with Gasteiger partial charge in [0, 0.05) is 34.5 Å². The van der Waals surface area contributed by atoms with Crippen molar-refractivity contribution in [2.75, 3.05) is 0 Å². The first-order valence-electron chi connectivity index (χ1n) is 11.3. The van der Waals surface area contributed by atoms with Crippen LogP contribution in [0, 0.1) is 0 Å². The number of H-pyrrole nitrogens is 1. The summed E-state index contributed by atoms with van der Waals surface area (Å²) in [6.45, 7) is 0. The second kappa shape index (κ2) is 13.2. The van der Waals surface area contributed by atoms with Gasteiger partial charge in [-0.15, -0.1) is 0 Å². The number of phosphoric acid groups is 1. The Kier molecular flexibility index (Phi) is 10.8. The van der Waals surface area contributed by atoms with Crippen LogP contribution in [0.25, 0.3) is 27.9 Å². The SMILES string of the molecule is O=c1c(-c2ccc(C(F)(F)F)cc2OP(=O)([O-])[O-])cnc2c(-c3ccc(Cl)cc3)c(Cc3ccccc3)[nH]n12.[Na+].[Na+]. The van der Waals surface area contributed by atoms with Crippen LogP contribution in [0.4, 0.5) is 13.2 Å². The standard InChI is InChI=1S/C26H18ClF3N3O5P.2Na/c27-18-9-6-16(7-10-18)23-21(12-15-4-2-1-3-5-15)32-33-24(23)31-14-20(25(33)34)19-11-8-17(26(28,29)30)13-22(19)38-39(35,36)37;;/h1-11,13-14,32H,12H2,(H2,35,36,37);;/q;2*+1/p-2. The molecule has 0 aliphatic heterocycles. The van der Waals surface area contributed by atoms with Crippen molar-refractivity contribution < 1.29 is 91.2 Å². The first kappa shape index (κ1) is 33.6. The summed E-state index contributed by atoms with van der Waals surface area (Å²) >= 11 is 6.05. The monoisotopic (exact) mass is 619 g/mol. The molecule has 0 amide bonds. The van der Waals surface area contributed by atoms with Crippen LogP contribution in [0.15, 0.2) is 83.8 Å². The fourth-order valence-corrected chi connectivity index (χ4v) is 4.73. The van der Waals surface area contributed by atoms with Gasteiger partial charge in [-0.1, -0.05) is 54.1 Å². The molecule has 15 heteroatoms. The number of hydrogen-bond acceptors (Lipinski definition) is 6. The molecule has 0 aliphatic rings. The summed E-state index contributed by atoms with van der Waals surface area (Å²) in [4.78, 5) is 40.6. The van der Waals surface area contributed by atoms with Crippen molar-refractivity contribution in [2.24, 2.45) is 0 Å². The van der Waals surface area contributed by atoms with Gasteiger partial charge in [0.15, 0.2) is 5.65 Å². The number of fused-ring (bicyclic) bond motifs is 1. The normalized spacial score (nSPS) is 11.6. The third kappa shape index (κ3) is 7.55. The molecular formula is C26H16ClF3N3Na2O5P. The van der Waals surface area contributed by atoms with Crippen molar-refractivity contribution in [3.8, 4) is 28.0 Å². The quantitative estimate of drug-likeness (QED) is 0.189. The fourth-order valence-electron chi connectivity index (χ4n) is 4.21. The summed E-state index contributed by atoms with van der Waals surface area (Å²) in [5, 5.41) is 3.52. The third-order valence-corrected chi connectivity index (χ3v) is 6.57. The summed E-state index contributed by atoms with van der Waals surface area (Å²) < 4.78 is 56.5. The van der Waals surface area contributed by atoms with E-state index in [0.29, 0.717) is 40.4 Å². The van der Waals surface area contributed by atoms with Crippen molar-refractivity contribution in [3.63, 3.8) is 0 Å². The maximum atomic E-state index is 13.6. The smallest absolute Gasteiger partial charge is 0.780 e. The molecule has 0 saturated heterocycles. The molecule has 0 saturated carbocycles. The minimum absolute atomic E-state index is 0. The molecule has 0 radical (unpaired) electrons. The molecule has 0 aliphatic carbocycles. The number of aromatic nitrogens is 3. The fraction of sp³-hybridized carbons (Fsp3) is 0.0769. The van der Waals surface area contributed by atoms with Gasteiger partial charge >= 0.3 is 65.3 Å². The second-order valence-corrected chi connectivity index (χ2v) is 10.0. The van der Waals surface area contributed by atoms with Crippen LogP contribution in [0.1, 0.15) is 16.8 Å². The predicted molar refractivity (Wildman–Crippen MR) is 134 cm³/mol. The van der Waals surface area contributed by atoms with Crippen LogP contribution in [0.2, 0.25) is 5.02 Å². The molecule has 3 aromatic carbocycles. The van der Waals surface area contributed by atoms with Crippen LogP contribution in [-0.4, -0.2) is 14.6 Å². The summed E-state index contributed by atoms with van der Waals surface area (Å²) in [5.41, 5.74) is 0.362. The minimum atomic E-state index is -5.77. The second-order valence-electron chi connectivity index (χ2n) is 8.52. The molecule has 2 heterocycles. The Morgan fingerprint density at radius 2 is 1.63 bits per heavy atom. The van der Waals surface area contributed by atoms with E-state index in [1.807, 2.05) is 30.3 Å². The van der Waals surface area contributed by atoms with E-state index in [1.54, 1.807) is 24.3 Å². The largest absolute Gasteiger partial charge is 1.00 e. The summed E-state index contributed by atoms with van der Waals surface area (Å²) in [5.74, 6) is -0.939. The van der Waals surface area contributed by atoms with E-state index < -0.39 is 30.9 Å². The summed E-state index contributed by atoms with van der Waals surface area (Å²) in [6.07, 6.45) is -3.39. The number of rotatable bonds is 6. The van der Waals surface area contributed by atoms with E-state index in [9.17, 15) is 32.3 Å². The van der Waals surface area contributed by atoms with Crippen molar-refractivity contribution in [1.82, 2.24) is 14.6 Å². The number of nitrogens with one attached hydrogen (secondary N) is 1. The van der Waals surface area contributed by atoms with E-state index in [2.05, 4.69) is 14.6 Å². The molecule has 0 fully saturated rings. The van der Waals surface area contributed by atoms with Gasteiger partial charge < -0.3 is 18.9 Å². The Labute approximate surface area is 280 Å². The van der Waals surface area contributed by atoms with Gasteiger partial charge in [-0.2, -0.15) is 13.2 Å². The van der Waals surface area contributed by atoms with Gasteiger partial charge in [-0.05, 0) is 41.5 Å². The van der Waals surface area contributed by atoms with Crippen LogP contribution in [-0.2, 0) is 17.2 Å². The minimum Gasteiger partial charge on any atom is -0.780 e. The first-order chi connectivity index (χ1) is 18.4. The van der Waals surface area contributed by atoms with Gasteiger partial charge in [0.1, 0.15) is 13.6 Å². The van der Waals surface area contributed by atoms with E-state index in [0.717, 1.165) is 22.3 Å².